The Balaban J connectivity index is 2.22. The lowest BCUT2D eigenvalue weighted by Gasteiger charge is -2.20. The summed E-state index contributed by atoms with van der Waals surface area (Å²) in [5.41, 5.74) is 6.54. The van der Waals surface area contributed by atoms with Gasteiger partial charge in [0.25, 0.3) is 5.89 Å². The van der Waals surface area contributed by atoms with Crippen molar-refractivity contribution in [3.63, 3.8) is 0 Å². The number of rotatable bonds is 5. The van der Waals surface area contributed by atoms with E-state index < -0.39 is 5.54 Å². The molecule has 0 fully saturated rings. The molecule has 96 valence electrons. The number of aromatic nitrogens is 2. The zero-order chi connectivity index (χ0) is 13.0. The minimum Gasteiger partial charge on any atom is -0.337 e. The van der Waals surface area contributed by atoms with Crippen molar-refractivity contribution in [2.45, 2.75) is 38.6 Å². The van der Waals surface area contributed by atoms with Gasteiger partial charge in [-0.25, -0.2) is 0 Å². The van der Waals surface area contributed by atoms with E-state index in [1.54, 1.807) is 0 Å². The second-order valence-corrected chi connectivity index (χ2v) is 4.69. The van der Waals surface area contributed by atoms with Gasteiger partial charge in [0.05, 0.1) is 0 Å². The molecule has 18 heavy (non-hydrogen) atoms. The summed E-state index contributed by atoms with van der Waals surface area (Å²) in [4.78, 5) is 4.39. The van der Waals surface area contributed by atoms with Crippen LogP contribution in [0.5, 0.6) is 0 Å². The molecule has 0 radical (unpaired) electrons. The molecule has 0 spiro atoms. The quantitative estimate of drug-likeness (QED) is 0.879. The maximum Gasteiger partial charge on any atom is 0.251 e. The molecule has 2 N–H and O–H groups in total. The van der Waals surface area contributed by atoms with Gasteiger partial charge in [-0.1, -0.05) is 48.8 Å². The lowest BCUT2D eigenvalue weighted by Crippen LogP contribution is -2.34. The summed E-state index contributed by atoms with van der Waals surface area (Å²) in [6, 6.07) is 9.80. The minimum atomic E-state index is -0.737. The zero-order valence-corrected chi connectivity index (χ0v) is 10.9. The molecule has 1 heterocycles. The van der Waals surface area contributed by atoms with Crippen LogP contribution < -0.4 is 5.73 Å². The minimum absolute atomic E-state index is 0.472. The van der Waals surface area contributed by atoms with Crippen molar-refractivity contribution >= 4 is 0 Å². The van der Waals surface area contributed by atoms with Crippen molar-refractivity contribution in [2.24, 2.45) is 5.73 Å². The molecule has 1 unspecified atom stereocenters. The fourth-order valence-electron chi connectivity index (χ4n) is 1.81. The first-order valence-electron chi connectivity index (χ1n) is 6.32. The molecule has 2 rings (SSSR count). The lowest BCUT2D eigenvalue weighted by molar-refractivity contribution is 0.322. The van der Waals surface area contributed by atoms with Crippen molar-refractivity contribution in [3.05, 3.63) is 47.6 Å². The van der Waals surface area contributed by atoms with Crippen molar-refractivity contribution in [2.75, 3.05) is 0 Å². The molecule has 0 amide bonds. The summed E-state index contributed by atoms with van der Waals surface area (Å²) in [7, 11) is 0. The molecule has 1 aromatic carbocycles. The van der Waals surface area contributed by atoms with Gasteiger partial charge in [0.1, 0.15) is 5.54 Å². The van der Waals surface area contributed by atoms with Crippen LogP contribution in [-0.4, -0.2) is 10.1 Å². The van der Waals surface area contributed by atoms with Crippen LogP contribution >= 0.6 is 0 Å². The highest BCUT2D eigenvalue weighted by Gasteiger charge is 2.30. The number of hydrogen-bond acceptors (Lipinski definition) is 4. The van der Waals surface area contributed by atoms with Gasteiger partial charge in [0.15, 0.2) is 5.82 Å². The Labute approximate surface area is 107 Å². The van der Waals surface area contributed by atoms with Gasteiger partial charge in [0.2, 0.25) is 0 Å². The Hall–Kier alpha value is -1.68. The van der Waals surface area contributed by atoms with Crippen LogP contribution in [-0.2, 0) is 12.0 Å². The van der Waals surface area contributed by atoms with Crippen molar-refractivity contribution in [1.82, 2.24) is 10.1 Å². The number of benzene rings is 1. The van der Waals surface area contributed by atoms with E-state index in [1.165, 1.54) is 0 Å². The summed E-state index contributed by atoms with van der Waals surface area (Å²) in [5.74, 6) is 1.21. The first kappa shape index (κ1) is 12.8. The van der Waals surface area contributed by atoms with Gasteiger partial charge in [-0.2, -0.15) is 4.98 Å². The molecular weight excluding hydrogens is 226 g/mol. The van der Waals surface area contributed by atoms with E-state index in [0.717, 1.165) is 30.7 Å². The summed E-state index contributed by atoms with van der Waals surface area (Å²) < 4.78 is 5.29. The highest BCUT2D eigenvalue weighted by Crippen LogP contribution is 2.24. The molecule has 4 nitrogen and oxygen atoms in total. The Bertz CT molecular complexity index is 491. The van der Waals surface area contributed by atoms with Crippen LogP contribution in [0.4, 0.5) is 0 Å². The molecule has 0 aliphatic rings. The topological polar surface area (TPSA) is 64.9 Å². The van der Waals surface area contributed by atoms with Crippen LogP contribution in [0.2, 0.25) is 0 Å². The maximum atomic E-state index is 6.31. The molecule has 0 aliphatic carbocycles. The number of unbranched alkanes of at least 4 members (excludes halogenated alkanes) is 1. The molecule has 1 atom stereocenters. The number of aryl methyl sites for hydroxylation is 1. The first-order valence-corrected chi connectivity index (χ1v) is 6.32. The van der Waals surface area contributed by atoms with E-state index in [0.29, 0.717) is 5.89 Å². The fourth-order valence-corrected chi connectivity index (χ4v) is 1.81. The molecule has 0 saturated carbocycles. The molecule has 0 saturated heterocycles. The van der Waals surface area contributed by atoms with Crippen LogP contribution in [0.1, 0.15) is 44.0 Å². The van der Waals surface area contributed by atoms with E-state index in [9.17, 15) is 0 Å². The van der Waals surface area contributed by atoms with Gasteiger partial charge in [0, 0.05) is 6.42 Å². The van der Waals surface area contributed by atoms with E-state index in [4.69, 9.17) is 10.3 Å². The molecule has 0 bridgehead atoms. The molecule has 1 aromatic heterocycles. The Morgan fingerprint density at radius 3 is 2.67 bits per heavy atom. The number of hydrogen-bond donors (Lipinski definition) is 1. The monoisotopic (exact) mass is 245 g/mol. The Kier molecular flexibility index (Phi) is 3.77. The molecular formula is C14H19N3O. The van der Waals surface area contributed by atoms with Gasteiger partial charge in [-0.15, -0.1) is 0 Å². The SMILES string of the molecule is CCCCc1noc(C(C)(N)c2ccccc2)n1. The van der Waals surface area contributed by atoms with Crippen LogP contribution in [0, 0.1) is 0 Å². The second-order valence-electron chi connectivity index (χ2n) is 4.69. The van der Waals surface area contributed by atoms with E-state index >= 15 is 0 Å². The van der Waals surface area contributed by atoms with E-state index in [2.05, 4.69) is 17.1 Å². The standard InChI is InChI=1S/C14H19N3O/c1-3-4-10-12-16-13(18-17-12)14(2,15)11-8-6-5-7-9-11/h5-9H,3-4,10,15H2,1-2H3. The molecule has 4 heteroatoms. The predicted octanol–water partition coefficient (Wildman–Crippen LogP) is 2.63. The summed E-state index contributed by atoms with van der Waals surface area (Å²) in [6.45, 7) is 4.03. The van der Waals surface area contributed by atoms with Crippen molar-refractivity contribution < 1.29 is 4.52 Å². The lowest BCUT2D eigenvalue weighted by atomic mass is 9.93. The summed E-state index contributed by atoms with van der Waals surface area (Å²) in [6.07, 6.45) is 3.01. The normalized spacial score (nSPS) is 14.4. The van der Waals surface area contributed by atoms with Gasteiger partial charge in [-0.3, -0.25) is 0 Å². The third-order valence-corrected chi connectivity index (χ3v) is 3.04. The van der Waals surface area contributed by atoms with Crippen molar-refractivity contribution in [3.8, 4) is 0 Å². The second kappa shape index (κ2) is 5.31. The first-order chi connectivity index (χ1) is 8.64. The van der Waals surface area contributed by atoms with Crippen LogP contribution in [0.15, 0.2) is 34.9 Å². The zero-order valence-electron chi connectivity index (χ0n) is 10.9. The number of nitrogens with two attached hydrogens (primary N) is 1. The summed E-state index contributed by atoms with van der Waals surface area (Å²) >= 11 is 0. The Morgan fingerprint density at radius 1 is 1.28 bits per heavy atom. The van der Waals surface area contributed by atoms with Crippen molar-refractivity contribution in [1.29, 1.82) is 0 Å². The molecule has 2 aromatic rings. The molecule has 0 aliphatic heterocycles. The average molecular weight is 245 g/mol. The van der Waals surface area contributed by atoms with Gasteiger partial charge < -0.3 is 10.3 Å². The largest absolute Gasteiger partial charge is 0.337 e. The van der Waals surface area contributed by atoms with Gasteiger partial charge >= 0.3 is 0 Å². The Morgan fingerprint density at radius 2 is 2.00 bits per heavy atom. The third-order valence-electron chi connectivity index (χ3n) is 3.04. The highest BCUT2D eigenvalue weighted by molar-refractivity contribution is 5.28. The van der Waals surface area contributed by atoms with Gasteiger partial charge in [-0.05, 0) is 18.9 Å². The van der Waals surface area contributed by atoms with E-state index in [1.807, 2.05) is 37.3 Å². The predicted molar refractivity (Wildman–Crippen MR) is 70.0 cm³/mol. The highest BCUT2D eigenvalue weighted by atomic mass is 16.5. The number of nitrogens with zero attached hydrogens (tertiary/aromatic N) is 2. The van der Waals surface area contributed by atoms with Crippen LogP contribution in [0.3, 0.4) is 0 Å². The van der Waals surface area contributed by atoms with Crippen LogP contribution in [0.25, 0.3) is 0 Å². The smallest absolute Gasteiger partial charge is 0.251 e. The average Bonchev–Trinajstić information content (AvgIpc) is 2.87. The summed E-state index contributed by atoms with van der Waals surface area (Å²) in [5, 5.41) is 3.98. The maximum absolute atomic E-state index is 6.31. The third kappa shape index (κ3) is 2.59. The fraction of sp³-hybridized carbons (Fsp3) is 0.429. The van der Waals surface area contributed by atoms with E-state index in [-0.39, 0.29) is 0 Å².